The van der Waals surface area contributed by atoms with Crippen LogP contribution in [-0.4, -0.2) is 42.2 Å². The van der Waals surface area contributed by atoms with Crippen molar-refractivity contribution in [1.29, 1.82) is 0 Å². The van der Waals surface area contributed by atoms with E-state index in [1.54, 1.807) is 7.11 Å². The molecule has 0 spiro atoms. The molecule has 0 saturated heterocycles. The largest absolute Gasteiger partial charge is 0.457 e. The van der Waals surface area contributed by atoms with Gasteiger partial charge in [0.05, 0.1) is 30.3 Å². The van der Waals surface area contributed by atoms with Crippen molar-refractivity contribution in [2.75, 3.05) is 20.3 Å². The number of carbonyl (C=O) groups excluding carboxylic acids is 2. The second kappa shape index (κ2) is 11.6. The van der Waals surface area contributed by atoms with Gasteiger partial charge in [-0.15, -0.1) is 0 Å². The number of thioether (sulfide) groups is 1. The number of amidine groups is 1. The van der Waals surface area contributed by atoms with Crippen molar-refractivity contribution in [3.05, 3.63) is 93.2 Å². The first-order valence-electron chi connectivity index (χ1n) is 11.9. The molecule has 0 aliphatic carbocycles. The molecular weight excluding hydrogens is 474 g/mol. The van der Waals surface area contributed by atoms with E-state index in [0.29, 0.717) is 24.4 Å². The predicted octanol–water partition coefficient (Wildman–Crippen LogP) is 4.77. The maximum Gasteiger partial charge on any atom is 0.338 e. The van der Waals surface area contributed by atoms with Gasteiger partial charge in [-0.3, -0.25) is 4.79 Å². The van der Waals surface area contributed by atoms with Crippen molar-refractivity contribution in [3.63, 3.8) is 0 Å². The lowest BCUT2D eigenvalue weighted by atomic mass is 9.90. The van der Waals surface area contributed by atoms with Crippen LogP contribution in [0.5, 0.6) is 0 Å². The molecule has 1 unspecified atom stereocenters. The van der Waals surface area contributed by atoms with Gasteiger partial charge < -0.3 is 19.7 Å². The number of methoxy groups -OCH3 is 1. The standard InChI is InChI=1S/C28H31N3O4S/c1-18-10-11-23(19(2)14-18)26-25(27(33)35-16-21-8-6-5-7-9-21)20(3)30-28-31(26)22(17-36-28)15-24(32)29-12-13-34-4/h5-11,14,17,26H,12-13,15-16H2,1-4H3,(H,29,32). The molecule has 0 saturated carbocycles. The highest BCUT2D eigenvalue weighted by Crippen LogP contribution is 2.45. The fourth-order valence-corrected chi connectivity index (χ4v) is 5.34. The number of carbonyl (C=O) groups is 2. The molecule has 188 valence electrons. The molecular formula is C28H31N3O4S. The number of amides is 1. The molecule has 4 rings (SSSR count). The summed E-state index contributed by atoms with van der Waals surface area (Å²) in [5.41, 5.74) is 5.98. The number of aliphatic imine (C=N–C) groups is 1. The molecule has 2 aliphatic rings. The molecule has 7 nitrogen and oxygen atoms in total. The minimum atomic E-state index is -0.450. The molecule has 1 atom stereocenters. The zero-order chi connectivity index (χ0) is 25.7. The zero-order valence-corrected chi connectivity index (χ0v) is 21.9. The average Bonchev–Trinajstić information content (AvgIpc) is 3.24. The molecule has 8 heteroatoms. The number of benzene rings is 2. The Labute approximate surface area is 216 Å². The predicted molar refractivity (Wildman–Crippen MR) is 142 cm³/mol. The van der Waals surface area contributed by atoms with Crippen LogP contribution in [0.3, 0.4) is 0 Å². The first-order valence-corrected chi connectivity index (χ1v) is 12.7. The van der Waals surface area contributed by atoms with E-state index in [9.17, 15) is 9.59 Å². The highest BCUT2D eigenvalue weighted by Gasteiger charge is 2.41. The van der Waals surface area contributed by atoms with E-state index in [1.165, 1.54) is 11.8 Å². The summed E-state index contributed by atoms with van der Waals surface area (Å²) < 4.78 is 10.8. The van der Waals surface area contributed by atoms with E-state index in [4.69, 9.17) is 14.5 Å². The van der Waals surface area contributed by atoms with E-state index < -0.39 is 12.0 Å². The monoisotopic (exact) mass is 505 g/mol. The third-order valence-corrected chi connectivity index (χ3v) is 7.01. The van der Waals surface area contributed by atoms with Gasteiger partial charge in [0.1, 0.15) is 6.61 Å². The lowest BCUT2D eigenvalue weighted by molar-refractivity contribution is -0.141. The summed E-state index contributed by atoms with van der Waals surface area (Å²) in [4.78, 5) is 32.9. The van der Waals surface area contributed by atoms with E-state index in [2.05, 4.69) is 17.4 Å². The van der Waals surface area contributed by atoms with Crippen LogP contribution < -0.4 is 5.32 Å². The van der Waals surface area contributed by atoms with Crippen LogP contribution in [0.2, 0.25) is 0 Å². The summed E-state index contributed by atoms with van der Waals surface area (Å²) in [5.74, 6) is -0.524. The SMILES string of the molecule is COCCNC(=O)CC1=CSC2=NC(C)=C(C(=O)OCc3ccccc3)C(c3ccc(C)cc3C)N12. The van der Waals surface area contributed by atoms with Crippen LogP contribution in [-0.2, 0) is 25.7 Å². The van der Waals surface area contributed by atoms with Crippen LogP contribution in [0, 0.1) is 13.8 Å². The fourth-order valence-electron chi connectivity index (χ4n) is 4.38. The van der Waals surface area contributed by atoms with Crippen molar-refractivity contribution in [1.82, 2.24) is 10.2 Å². The molecule has 2 heterocycles. The maximum absolute atomic E-state index is 13.5. The number of fused-ring (bicyclic) bond motifs is 1. The van der Waals surface area contributed by atoms with Gasteiger partial charge in [-0.1, -0.05) is 65.9 Å². The van der Waals surface area contributed by atoms with Crippen LogP contribution in [0.4, 0.5) is 0 Å². The summed E-state index contributed by atoms with van der Waals surface area (Å²) in [6, 6.07) is 15.4. The number of allylic oxidation sites excluding steroid dienone is 1. The summed E-state index contributed by atoms with van der Waals surface area (Å²) in [6.45, 7) is 6.98. The zero-order valence-electron chi connectivity index (χ0n) is 21.0. The van der Waals surface area contributed by atoms with Crippen molar-refractivity contribution >= 4 is 28.8 Å². The van der Waals surface area contributed by atoms with E-state index in [-0.39, 0.29) is 18.9 Å². The summed E-state index contributed by atoms with van der Waals surface area (Å²) in [6.07, 6.45) is 0.169. The van der Waals surface area contributed by atoms with Crippen LogP contribution >= 0.6 is 11.8 Å². The summed E-state index contributed by atoms with van der Waals surface area (Å²) in [5, 5.41) is 5.56. The number of aryl methyl sites for hydroxylation is 2. The maximum atomic E-state index is 13.5. The van der Waals surface area contributed by atoms with Gasteiger partial charge in [0.2, 0.25) is 5.91 Å². The third kappa shape index (κ3) is 5.71. The van der Waals surface area contributed by atoms with Gasteiger partial charge in [0.15, 0.2) is 5.17 Å². The number of rotatable bonds is 9. The number of nitrogens with zero attached hydrogens (tertiary/aromatic N) is 2. The molecule has 0 fully saturated rings. The van der Waals surface area contributed by atoms with Crippen LogP contribution in [0.1, 0.15) is 41.6 Å². The normalized spacial score (nSPS) is 16.9. The number of esters is 1. The Bertz CT molecular complexity index is 1240. The molecule has 1 amide bonds. The highest BCUT2D eigenvalue weighted by atomic mass is 32.2. The number of nitrogens with one attached hydrogen (secondary N) is 1. The Kier molecular flexibility index (Phi) is 8.28. The van der Waals surface area contributed by atoms with E-state index >= 15 is 0 Å². The lowest BCUT2D eigenvalue weighted by Gasteiger charge is -2.37. The molecule has 0 aromatic heterocycles. The topological polar surface area (TPSA) is 80.2 Å². The van der Waals surface area contributed by atoms with Gasteiger partial charge >= 0.3 is 5.97 Å². The summed E-state index contributed by atoms with van der Waals surface area (Å²) >= 11 is 1.46. The van der Waals surface area contributed by atoms with Crippen molar-refractivity contribution in [2.24, 2.45) is 4.99 Å². The minimum Gasteiger partial charge on any atom is -0.457 e. The molecule has 1 N–H and O–H groups in total. The second-order valence-corrected chi connectivity index (χ2v) is 9.67. The Morgan fingerprint density at radius 1 is 1.11 bits per heavy atom. The number of hydrogen-bond acceptors (Lipinski definition) is 7. The van der Waals surface area contributed by atoms with E-state index in [0.717, 1.165) is 33.1 Å². The first-order chi connectivity index (χ1) is 17.4. The third-order valence-electron chi connectivity index (χ3n) is 6.12. The van der Waals surface area contributed by atoms with Gasteiger partial charge in [-0.05, 0) is 42.9 Å². The van der Waals surface area contributed by atoms with Gasteiger partial charge in [0.25, 0.3) is 0 Å². The minimum absolute atomic E-state index is 0.112. The quantitative estimate of drug-likeness (QED) is 0.391. The molecule has 2 aliphatic heterocycles. The van der Waals surface area contributed by atoms with Crippen molar-refractivity contribution in [3.8, 4) is 0 Å². The second-order valence-electron chi connectivity index (χ2n) is 8.83. The average molecular weight is 506 g/mol. The Morgan fingerprint density at radius 2 is 1.89 bits per heavy atom. The Balaban J connectivity index is 1.67. The van der Waals surface area contributed by atoms with Gasteiger partial charge in [-0.2, -0.15) is 0 Å². The molecule has 0 bridgehead atoms. The van der Waals surface area contributed by atoms with Crippen molar-refractivity contribution < 1.29 is 19.1 Å². The summed E-state index contributed by atoms with van der Waals surface area (Å²) in [7, 11) is 1.60. The molecule has 2 aromatic carbocycles. The fraction of sp³-hybridized carbons (Fsp3) is 0.321. The highest BCUT2D eigenvalue weighted by molar-refractivity contribution is 8.16. The smallest absolute Gasteiger partial charge is 0.338 e. The number of ether oxygens (including phenoxy) is 2. The molecule has 36 heavy (non-hydrogen) atoms. The van der Waals surface area contributed by atoms with Gasteiger partial charge in [0, 0.05) is 19.4 Å². The van der Waals surface area contributed by atoms with Crippen LogP contribution in [0.15, 0.2) is 75.9 Å². The Morgan fingerprint density at radius 3 is 2.61 bits per heavy atom. The van der Waals surface area contributed by atoms with Crippen molar-refractivity contribution in [2.45, 2.75) is 39.8 Å². The molecule has 2 aromatic rings. The van der Waals surface area contributed by atoms with E-state index in [1.807, 2.05) is 67.5 Å². The lowest BCUT2D eigenvalue weighted by Crippen LogP contribution is -2.38. The molecule has 0 radical (unpaired) electrons. The van der Waals surface area contributed by atoms with Crippen LogP contribution in [0.25, 0.3) is 0 Å². The van der Waals surface area contributed by atoms with Gasteiger partial charge in [-0.25, -0.2) is 9.79 Å². The first kappa shape index (κ1) is 25.7. The Hall–Kier alpha value is -3.36. The number of hydrogen-bond donors (Lipinski definition) is 1.